The highest BCUT2D eigenvalue weighted by Crippen LogP contribution is 2.14. The van der Waals surface area contributed by atoms with Gasteiger partial charge in [0, 0.05) is 4.58 Å². The molecule has 0 fully saturated rings. The van der Waals surface area contributed by atoms with Crippen LogP contribution in [0.2, 0.25) is 0 Å². The quantitative estimate of drug-likeness (QED) is 0.511. The molecule has 0 saturated carbocycles. The number of hydrogen-bond donors (Lipinski definition) is 2. The largest absolute Gasteiger partial charge is 0.382 e. The smallest absolute Gasteiger partial charge is 0.135 e. The highest BCUT2D eigenvalue weighted by atomic mass is 32.1. The standard InChI is InChI=1S/C9H18N2OS/c1-2-3-4-5-6-7-9-8-12-11(13)10-9/h8,10,13H,2-7H2,1H3. The Morgan fingerprint density at radius 2 is 2.15 bits per heavy atom. The van der Waals surface area contributed by atoms with Crippen LogP contribution >= 0.6 is 12.8 Å². The first-order valence-electron chi connectivity index (χ1n) is 4.94. The minimum absolute atomic E-state index is 1.06. The second-order valence-electron chi connectivity index (χ2n) is 3.30. The molecule has 0 radical (unpaired) electrons. The molecule has 0 atom stereocenters. The van der Waals surface area contributed by atoms with Gasteiger partial charge in [0.05, 0.1) is 5.70 Å². The van der Waals surface area contributed by atoms with Gasteiger partial charge in [0.1, 0.15) is 6.26 Å². The first kappa shape index (κ1) is 10.7. The summed E-state index contributed by atoms with van der Waals surface area (Å²) in [5.41, 5.74) is 4.10. The molecule has 0 saturated heterocycles. The summed E-state index contributed by atoms with van der Waals surface area (Å²) >= 11 is 3.98. The third-order valence-corrected chi connectivity index (χ3v) is 2.28. The van der Waals surface area contributed by atoms with E-state index in [1.165, 1.54) is 36.7 Å². The van der Waals surface area contributed by atoms with Gasteiger partial charge >= 0.3 is 0 Å². The molecule has 1 aliphatic heterocycles. The van der Waals surface area contributed by atoms with Crippen molar-refractivity contribution in [2.75, 3.05) is 0 Å². The van der Waals surface area contributed by atoms with Crippen LogP contribution in [0, 0.1) is 0 Å². The van der Waals surface area contributed by atoms with Crippen molar-refractivity contribution in [1.82, 2.24) is 10.0 Å². The zero-order chi connectivity index (χ0) is 9.52. The Kier molecular flexibility index (Phi) is 5.08. The lowest BCUT2D eigenvalue weighted by atomic mass is 10.1. The van der Waals surface area contributed by atoms with Crippen LogP contribution in [0.5, 0.6) is 0 Å². The zero-order valence-electron chi connectivity index (χ0n) is 8.12. The molecule has 0 bridgehead atoms. The SMILES string of the molecule is CCCCCCCC1=CON(S)N1. The molecule has 0 amide bonds. The molecule has 76 valence electrons. The second-order valence-corrected chi connectivity index (χ2v) is 3.66. The lowest BCUT2D eigenvalue weighted by molar-refractivity contribution is -0.00659. The van der Waals surface area contributed by atoms with Crippen LogP contribution in [-0.4, -0.2) is 4.58 Å². The number of allylic oxidation sites excluding steroid dienone is 1. The van der Waals surface area contributed by atoms with Gasteiger partial charge in [-0.15, -0.1) is 0 Å². The van der Waals surface area contributed by atoms with Gasteiger partial charge in [-0.1, -0.05) is 32.6 Å². The van der Waals surface area contributed by atoms with E-state index in [0.717, 1.165) is 12.1 Å². The molecule has 0 spiro atoms. The minimum atomic E-state index is 1.06. The van der Waals surface area contributed by atoms with Crippen molar-refractivity contribution in [3.63, 3.8) is 0 Å². The van der Waals surface area contributed by atoms with E-state index < -0.39 is 0 Å². The van der Waals surface area contributed by atoms with Crippen LogP contribution < -0.4 is 5.43 Å². The number of unbranched alkanes of at least 4 members (excludes halogenated alkanes) is 4. The molecule has 0 aromatic rings. The molecular weight excluding hydrogens is 184 g/mol. The van der Waals surface area contributed by atoms with E-state index in [-0.39, 0.29) is 0 Å². The second kappa shape index (κ2) is 6.16. The van der Waals surface area contributed by atoms with Crippen LogP contribution in [0.25, 0.3) is 0 Å². The Labute approximate surface area is 85.6 Å². The van der Waals surface area contributed by atoms with E-state index in [9.17, 15) is 0 Å². The monoisotopic (exact) mass is 202 g/mol. The Balaban J connectivity index is 1.94. The van der Waals surface area contributed by atoms with Gasteiger partial charge in [-0.2, -0.15) is 0 Å². The molecule has 0 aromatic carbocycles. The average molecular weight is 202 g/mol. The Morgan fingerprint density at radius 1 is 1.38 bits per heavy atom. The molecule has 13 heavy (non-hydrogen) atoms. The summed E-state index contributed by atoms with van der Waals surface area (Å²) in [5, 5.41) is 0. The highest BCUT2D eigenvalue weighted by molar-refractivity contribution is 7.77. The van der Waals surface area contributed by atoms with E-state index >= 15 is 0 Å². The lowest BCUT2D eigenvalue weighted by Gasteiger charge is -2.06. The van der Waals surface area contributed by atoms with Crippen LogP contribution in [0.4, 0.5) is 0 Å². The van der Waals surface area contributed by atoms with E-state index in [1.807, 2.05) is 0 Å². The van der Waals surface area contributed by atoms with Gasteiger partial charge in [-0.3, -0.25) is 5.43 Å². The van der Waals surface area contributed by atoms with Crippen molar-refractivity contribution in [2.24, 2.45) is 0 Å². The first-order valence-corrected chi connectivity index (χ1v) is 5.34. The predicted molar refractivity (Wildman–Crippen MR) is 56.5 cm³/mol. The molecule has 0 unspecified atom stereocenters. The van der Waals surface area contributed by atoms with E-state index in [1.54, 1.807) is 6.26 Å². The van der Waals surface area contributed by atoms with Gasteiger partial charge in [-0.25, -0.2) is 0 Å². The molecule has 0 aliphatic carbocycles. The van der Waals surface area contributed by atoms with Gasteiger partial charge in [0.25, 0.3) is 0 Å². The average Bonchev–Trinajstić information content (AvgIpc) is 2.51. The molecule has 1 rings (SSSR count). The molecule has 1 aliphatic rings. The topological polar surface area (TPSA) is 24.5 Å². The maximum absolute atomic E-state index is 4.97. The predicted octanol–water partition coefficient (Wildman–Crippen LogP) is 2.78. The van der Waals surface area contributed by atoms with Crippen molar-refractivity contribution >= 4 is 12.8 Å². The summed E-state index contributed by atoms with van der Waals surface area (Å²) in [4.78, 5) is 4.97. The number of thiol groups is 1. The van der Waals surface area contributed by atoms with Crippen molar-refractivity contribution in [3.05, 3.63) is 12.0 Å². The maximum Gasteiger partial charge on any atom is 0.135 e. The van der Waals surface area contributed by atoms with Crippen molar-refractivity contribution < 1.29 is 4.84 Å². The number of hydrazine groups is 1. The molecule has 0 aromatic heterocycles. The third kappa shape index (κ3) is 4.43. The lowest BCUT2D eigenvalue weighted by Crippen LogP contribution is -2.20. The fourth-order valence-corrected chi connectivity index (χ4v) is 1.50. The molecule has 3 nitrogen and oxygen atoms in total. The minimum Gasteiger partial charge on any atom is -0.382 e. The van der Waals surface area contributed by atoms with Crippen LogP contribution in [0.1, 0.15) is 45.4 Å². The molecule has 1 N–H and O–H groups in total. The molecule has 1 heterocycles. The number of rotatable bonds is 6. The summed E-state index contributed by atoms with van der Waals surface area (Å²) in [6.45, 7) is 2.23. The van der Waals surface area contributed by atoms with Gasteiger partial charge in [0.2, 0.25) is 0 Å². The fraction of sp³-hybridized carbons (Fsp3) is 0.778. The normalized spacial score (nSPS) is 16.6. The van der Waals surface area contributed by atoms with Gasteiger partial charge in [0.15, 0.2) is 0 Å². The Morgan fingerprint density at radius 3 is 2.77 bits per heavy atom. The third-order valence-electron chi connectivity index (χ3n) is 2.08. The Bertz CT molecular complexity index is 173. The van der Waals surface area contributed by atoms with Crippen molar-refractivity contribution in [3.8, 4) is 0 Å². The fourth-order valence-electron chi connectivity index (χ4n) is 1.32. The number of nitrogens with one attached hydrogen (secondary N) is 1. The first-order chi connectivity index (χ1) is 6.33. The van der Waals surface area contributed by atoms with Crippen LogP contribution in [0.15, 0.2) is 12.0 Å². The van der Waals surface area contributed by atoms with E-state index in [4.69, 9.17) is 4.84 Å². The zero-order valence-corrected chi connectivity index (χ0v) is 9.02. The Hall–Kier alpha value is -0.350. The highest BCUT2D eigenvalue weighted by Gasteiger charge is 2.09. The maximum atomic E-state index is 4.97. The summed E-state index contributed by atoms with van der Waals surface area (Å²) in [6.07, 6.45) is 9.29. The number of nitrogens with zero attached hydrogens (tertiary/aromatic N) is 1. The number of hydrogen-bond acceptors (Lipinski definition) is 4. The van der Waals surface area contributed by atoms with Crippen molar-refractivity contribution in [2.45, 2.75) is 45.4 Å². The summed E-state index contributed by atoms with van der Waals surface area (Å²) < 4.78 is 1.32. The van der Waals surface area contributed by atoms with E-state index in [2.05, 4.69) is 25.2 Å². The van der Waals surface area contributed by atoms with Gasteiger partial charge < -0.3 is 4.84 Å². The van der Waals surface area contributed by atoms with Crippen molar-refractivity contribution in [1.29, 1.82) is 0 Å². The van der Waals surface area contributed by atoms with Gasteiger partial charge in [-0.05, 0) is 25.7 Å². The summed E-state index contributed by atoms with van der Waals surface area (Å²) in [7, 11) is 0. The van der Waals surface area contributed by atoms with Crippen LogP contribution in [0.3, 0.4) is 0 Å². The molecule has 4 heteroatoms. The molecular formula is C9H18N2OS. The summed E-state index contributed by atoms with van der Waals surface area (Å²) in [5.74, 6) is 0. The van der Waals surface area contributed by atoms with E-state index in [0.29, 0.717) is 0 Å². The summed E-state index contributed by atoms with van der Waals surface area (Å²) in [6, 6.07) is 0. The van der Waals surface area contributed by atoms with Crippen LogP contribution in [-0.2, 0) is 4.84 Å².